The van der Waals surface area contributed by atoms with Gasteiger partial charge in [0, 0.05) is 13.0 Å². The molecule has 15 heavy (non-hydrogen) atoms. The Hall–Kier alpha value is -1.06. The summed E-state index contributed by atoms with van der Waals surface area (Å²) in [5.41, 5.74) is 2.10. The van der Waals surface area contributed by atoms with Gasteiger partial charge in [0.15, 0.2) is 6.29 Å². The molecule has 0 aliphatic carbocycles. The van der Waals surface area contributed by atoms with E-state index in [-0.39, 0.29) is 12.9 Å². The lowest BCUT2D eigenvalue weighted by Crippen LogP contribution is -2.25. The molecule has 3 heteroatoms. The van der Waals surface area contributed by atoms with Crippen molar-refractivity contribution in [3.8, 4) is 5.75 Å². The SMILES string of the molecule is CCOC1CCc2cc(CO)ccc2O1. The zero-order chi connectivity index (χ0) is 10.7. The fraction of sp³-hybridized carbons (Fsp3) is 0.500. The van der Waals surface area contributed by atoms with E-state index in [1.807, 2.05) is 25.1 Å². The van der Waals surface area contributed by atoms with Crippen molar-refractivity contribution in [3.05, 3.63) is 29.3 Å². The van der Waals surface area contributed by atoms with Gasteiger partial charge in [-0.3, -0.25) is 0 Å². The second-order valence-electron chi connectivity index (χ2n) is 3.64. The van der Waals surface area contributed by atoms with Crippen LogP contribution in [0.4, 0.5) is 0 Å². The molecule has 1 atom stereocenters. The van der Waals surface area contributed by atoms with E-state index in [2.05, 4.69) is 0 Å². The normalized spacial score (nSPS) is 19.5. The van der Waals surface area contributed by atoms with Crippen molar-refractivity contribution in [3.63, 3.8) is 0 Å². The van der Waals surface area contributed by atoms with Gasteiger partial charge in [0.2, 0.25) is 0 Å². The highest BCUT2D eigenvalue weighted by atomic mass is 16.7. The van der Waals surface area contributed by atoms with Crippen molar-refractivity contribution < 1.29 is 14.6 Å². The summed E-state index contributed by atoms with van der Waals surface area (Å²) in [5, 5.41) is 9.01. The molecule has 3 nitrogen and oxygen atoms in total. The smallest absolute Gasteiger partial charge is 0.200 e. The van der Waals surface area contributed by atoms with Gasteiger partial charge >= 0.3 is 0 Å². The van der Waals surface area contributed by atoms with E-state index in [1.165, 1.54) is 0 Å². The van der Waals surface area contributed by atoms with E-state index in [4.69, 9.17) is 14.6 Å². The minimum absolute atomic E-state index is 0.0855. The molecule has 82 valence electrons. The van der Waals surface area contributed by atoms with Gasteiger partial charge in [-0.15, -0.1) is 0 Å². The van der Waals surface area contributed by atoms with E-state index in [1.54, 1.807) is 0 Å². The molecule has 1 aromatic carbocycles. The zero-order valence-electron chi connectivity index (χ0n) is 8.90. The van der Waals surface area contributed by atoms with Gasteiger partial charge in [-0.25, -0.2) is 0 Å². The molecule has 0 saturated heterocycles. The number of rotatable bonds is 3. The fourth-order valence-corrected chi connectivity index (χ4v) is 1.82. The molecule has 0 amide bonds. The van der Waals surface area contributed by atoms with Crippen molar-refractivity contribution in [1.29, 1.82) is 0 Å². The molecule has 1 unspecified atom stereocenters. The van der Waals surface area contributed by atoms with Crippen LogP contribution in [0.2, 0.25) is 0 Å². The first-order valence-corrected chi connectivity index (χ1v) is 5.34. The first kappa shape index (κ1) is 10.5. The molecule has 1 aromatic rings. The molecular formula is C12H16O3. The van der Waals surface area contributed by atoms with Crippen molar-refractivity contribution in [2.45, 2.75) is 32.7 Å². The summed E-state index contributed by atoms with van der Waals surface area (Å²) in [4.78, 5) is 0. The lowest BCUT2D eigenvalue weighted by atomic mass is 10.0. The van der Waals surface area contributed by atoms with E-state index < -0.39 is 0 Å². The second-order valence-corrected chi connectivity index (χ2v) is 3.64. The van der Waals surface area contributed by atoms with E-state index in [0.717, 1.165) is 29.7 Å². The maximum atomic E-state index is 9.01. The maximum Gasteiger partial charge on any atom is 0.200 e. The lowest BCUT2D eigenvalue weighted by Gasteiger charge is -2.25. The van der Waals surface area contributed by atoms with Gasteiger partial charge in [0.1, 0.15) is 5.75 Å². The van der Waals surface area contributed by atoms with Gasteiger partial charge < -0.3 is 14.6 Å². The number of aliphatic hydroxyl groups is 1. The van der Waals surface area contributed by atoms with Gasteiger partial charge in [-0.1, -0.05) is 6.07 Å². The number of hydrogen-bond acceptors (Lipinski definition) is 3. The van der Waals surface area contributed by atoms with E-state index >= 15 is 0 Å². The predicted octanol–water partition coefficient (Wildman–Crippen LogP) is 1.87. The molecule has 0 fully saturated rings. The number of aliphatic hydroxyl groups excluding tert-OH is 1. The summed E-state index contributed by atoms with van der Waals surface area (Å²) in [6.07, 6.45) is 1.73. The molecule has 0 aromatic heterocycles. The molecule has 0 bridgehead atoms. The van der Waals surface area contributed by atoms with E-state index in [9.17, 15) is 0 Å². The Morgan fingerprint density at radius 3 is 3.13 bits per heavy atom. The molecule has 0 spiro atoms. The Morgan fingerprint density at radius 2 is 2.40 bits per heavy atom. The van der Waals surface area contributed by atoms with Crippen LogP contribution in [0.25, 0.3) is 0 Å². The van der Waals surface area contributed by atoms with Crippen molar-refractivity contribution in [1.82, 2.24) is 0 Å². The number of fused-ring (bicyclic) bond motifs is 1. The molecule has 1 N–H and O–H groups in total. The Morgan fingerprint density at radius 1 is 1.53 bits per heavy atom. The minimum atomic E-state index is -0.109. The summed E-state index contributed by atoms with van der Waals surface area (Å²) < 4.78 is 11.1. The Kier molecular flexibility index (Phi) is 3.23. The number of benzene rings is 1. The predicted molar refractivity (Wildman–Crippen MR) is 56.7 cm³/mol. The highest BCUT2D eigenvalue weighted by Gasteiger charge is 2.19. The average Bonchev–Trinajstić information content (AvgIpc) is 2.29. The number of ether oxygens (including phenoxy) is 2. The summed E-state index contributed by atoms with van der Waals surface area (Å²) in [6.45, 7) is 2.73. The van der Waals surface area contributed by atoms with Crippen LogP contribution in [0.5, 0.6) is 5.75 Å². The highest BCUT2D eigenvalue weighted by Crippen LogP contribution is 2.28. The maximum absolute atomic E-state index is 9.01. The van der Waals surface area contributed by atoms with Crippen LogP contribution in [-0.2, 0) is 17.8 Å². The minimum Gasteiger partial charge on any atom is -0.465 e. The largest absolute Gasteiger partial charge is 0.465 e. The van der Waals surface area contributed by atoms with Crippen LogP contribution < -0.4 is 4.74 Å². The first-order chi connectivity index (χ1) is 7.33. The summed E-state index contributed by atoms with van der Waals surface area (Å²) in [5.74, 6) is 0.886. The van der Waals surface area contributed by atoms with Crippen LogP contribution in [-0.4, -0.2) is 18.0 Å². The number of hydrogen-bond donors (Lipinski definition) is 1. The van der Waals surface area contributed by atoms with Gasteiger partial charge in [0.25, 0.3) is 0 Å². The monoisotopic (exact) mass is 208 g/mol. The van der Waals surface area contributed by atoms with Crippen molar-refractivity contribution in [2.75, 3.05) is 6.61 Å². The van der Waals surface area contributed by atoms with Crippen molar-refractivity contribution in [2.24, 2.45) is 0 Å². The van der Waals surface area contributed by atoms with Crippen LogP contribution in [0.3, 0.4) is 0 Å². The standard InChI is InChI=1S/C12H16O3/c1-2-14-12-6-4-10-7-9(8-13)3-5-11(10)15-12/h3,5,7,12-13H,2,4,6,8H2,1H3. The summed E-state index contributed by atoms with van der Waals surface area (Å²) in [6, 6.07) is 5.79. The average molecular weight is 208 g/mol. The third-order valence-corrected chi connectivity index (χ3v) is 2.57. The van der Waals surface area contributed by atoms with Crippen LogP contribution in [0.1, 0.15) is 24.5 Å². The van der Waals surface area contributed by atoms with Gasteiger partial charge in [-0.05, 0) is 36.6 Å². The van der Waals surface area contributed by atoms with Crippen LogP contribution in [0.15, 0.2) is 18.2 Å². The molecule has 0 radical (unpaired) electrons. The van der Waals surface area contributed by atoms with Gasteiger partial charge in [-0.2, -0.15) is 0 Å². The fourth-order valence-electron chi connectivity index (χ4n) is 1.82. The second kappa shape index (κ2) is 4.64. The lowest BCUT2D eigenvalue weighted by molar-refractivity contribution is -0.0861. The van der Waals surface area contributed by atoms with E-state index in [0.29, 0.717) is 6.61 Å². The Bertz CT molecular complexity index is 336. The third-order valence-electron chi connectivity index (χ3n) is 2.57. The highest BCUT2D eigenvalue weighted by molar-refractivity contribution is 5.38. The summed E-state index contributed by atoms with van der Waals surface area (Å²) in [7, 11) is 0. The molecule has 1 aliphatic rings. The zero-order valence-corrected chi connectivity index (χ0v) is 8.90. The van der Waals surface area contributed by atoms with Crippen LogP contribution >= 0.6 is 0 Å². The molecule has 1 aliphatic heterocycles. The molecule has 1 heterocycles. The molecule has 0 saturated carbocycles. The Labute approximate surface area is 89.6 Å². The third kappa shape index (κ3) is 2.30. The van der Waals surface area contributed by atoms with Crippen molar-refractivity contribution >= 4 is 0 Å². The summed E-state index contributed by atoms with van der Waals surface area (Å²) >= 11 is 0. The number of aryl methyl sites for hydroxylation is 1. The molecular weight excluding hydrogens is 192 g/mol. The quantitative estimate of drug-likeness (QED) is 0.824. The van der Waals surface area contributed by atoms with Crippen LogP contribution in [0, 0.1) is 0 Å². The van der Waals surface area contributed by atoms with Gasteiger partial charge in [0.05, 0.1) is 6.61 Å². The Balaban J connectivity index is 2.13. The first-order valence-electron chi connectivity index (χ1n) is 5.34. The molecule has 2 rings (SSSR count). The topological polar surface area (TPSA) is 38.7 Å².